The number of likely N-dealkylation sites (tertiary alicyclic amines) is 1. The average molecular weight is 356 g/mol. The molecule has 3 rings (SSSR count). The lowest BCUT2D eigenvalue weighted by Gasteiger charge is -2.32. The van der Waals surface area contributed by atoms with E-state index in [1.165, 1.54) is 26.2 Å². The van der Waals surface area contributed by atoms with Gasteiger partial charge in [0.15, 0.2) is 5.76 Å². The van der Waals surface area contributed by atoms with Crippen LogP contribution in [0.3, 0.4) is 0 Å². The lowest BCUT2D eigenvalue weighted by atomic mass is 9.90. The summed E-state index contributed by atoms with van der Waals surface area (Å²) >= 11 is 0. The minimum Gasteiger partial charge on any atom is -0.481 e. The van der Waals surface area contributed by atoms with Gasteiger partial charge in [-0.3, -0.25) is 9.59 Å². The van der Waals surface area contributed by atoms with Crippen molar-refractivity contribution < 1.29 is 27.5 Å². The number of hydrogen-bond donors (Lipinski definition) is 1. The lowest BCUT2D eigenvalue weighted by Crippen LogP contribution is -2.39. The number of rotatable bonds is 4. The van der Waals surface area contributed by atoms with Crippen molar-refractivity contribution in [3.8, 4) is 0 Å². The third kappa shape index (κ3) is 2.71. The maximum Gasteiger partial charge on any atom is 0.307 e. The van der Waals surface area contributed by atoms with Gasteiger partial charge in [-0.1, -0.05) is 0 Å². The van der Waals surface area contributed by atoms with Crippen molar-refractivity contribution in [1.29, 1.82) is 0 Å². The van der Waals surface area contributed by atoms with E-state index in [9.17, 15) is 18.0 Å². The third-order valence-electron chi connectivity index (χ3n) is 5.06. The number of amides is 1. The molecule has 1 aliphatic heterocycles. The quantitative estimate of drug-likeness (QED) is 0.857. The largest absolute Gasteiger partial charge is 0.481 e. The topological polar surface area (TPSA) is 108 Å². The van der Waals surface area contributed by atoms with Crippen LogP contribution in [-0.2, 0) is 14.8 Å². The van der Waals surface area contributed by atoms with Crippen molar-refractivity contribution in [2.75, 3.05) is 27.2 Å². The van der Waals surface area contributed by atoms with E-state index in [2.05, 4.69) is 0 Å². The summed E-state index contributed by atoms with van der Waals surface area (Å²) in [6.45, 7) is 0.915. The average Bonchev–Trinajstić information content (AvgIpc) is 3.00. The number of furan rings is 1. The fraction of sp³-hybridized carbons (Fsp3) is 0.600. The molecule has 2 fully saturated rings. The first kappa shape index (κ1) is 17.0. The Morgan fingerprint density at radius 3 is 2.42 bits per heavy atom. The fourth-order valence-electron chi connectivity index (χ4n) is 3.31. The second kappa shape index (κ2) is 5.59. The molecule has 0 radical (unpaired) electrons. The molecule has 1 aliphatic carbocycles. The van der Waals surface area contributed by atoms with Gasteiger partial charge in [0.05, 0.1) is 5.92 Å². The highest BCUT2D eigenvalue weighted by atomic mass is 32.2. The Balaban J connectivity index is 1.67. The molecule has 1 amide bonds. The van der Waals surface area contributed by atoms with Gasteiger partial charge in [-0.15, -0.1) is 0 Å². The van der Waals surface area contributed by atoms with Crippen LogP contribution in [0.4, 0.5) is 0 Å². The second-order valence-electron chi connectivity index (χ2n) is 6.66. The van der Waals surface area contributed by atoms with Crippen molar-refractivity contribution in [2.45, 2.75) is 24.4 Å². The Morgan fingerprint density at radius 2 is 1.92 bits per heavy atom. The Hall–Kier alpha value is -1.87. The van der Waals surface area contributed by atoms with E-state index in [-0.39, 0.29) is 28.1 Å². The van der Waals surface area contributed by atoms with Gasteiger partial charge in [0, 0.05) is 27.2 Å². The Labute approximate surface area is 140 Å². The molecule has 1 aromatic rings. The maximum atomic E-state index is 12.5. The van der Waals surface area contributed by atoms with Crippen molar-refractivity contribution >= 4 is 21.9 Å². The first-order chi connectivity index (χ1) is 11.2. The Kier molecular flexibility index (Phi) is 3.95. The normalized spacial score (nSPS) is 22.8. The van der Waals surface area contributed by atoms with Gasteiger partial charge < -0.3 is 14.4 Å². The monoisotopic (exact) mass is 356 g/mol. The first-order valence-corrected chi connectivity index (χ1v) is 9.16. The van der Waals surface area contributed by atoms with Crippen LogP contribution in [0.25, 0.3) is 0 Å². The first-order valence-electron chi connectivity index (χ1n) is 7.72. The van der Waals surface area contributed by atoms with Crippen molar-refractivity contribution in [3.05, 3.63) is 17.9 Å². The summed E-state index contributed by atoms with van der Waals surface area (Å²) in [4.78, 5) is 25.1. The fourth-order valence-corrected chi connectivity index (χ4v) is 4.11. The molecule has 1 saturated heterocycles. The molecule has 2 heterocycles. The number of piperidine rings is 1. The molecular formula is C15H20N2O6S. The van der Waals surface area contributed by atoms with Crippen molar-refractivity contribution in [1.82, 2.24) is 9.21 Å². The van der Waals surface area contributed by atoms with E-state index in [0.29, 0.717) is 32.4 Å². The molecule has 1 unspecified atom stereocenters. The van der Waals surface area contributed by atoms with E-state index >= 15 is 0 Å². The molecule has 1 N–H and O–H groups in total. The Bertz CT molecular complexity index is 774. The smallest absolute Gasteiger partial charge is 0.307 e. The molecule has 0 aromatic carbocycles. The van der Waals surface area contributed by atoms with Crippen LogP contribution in [0, 0.1) is 11.3 Å². The number of carbonyl (C=O) groups is 2. The van der Waals surface area contributed by atoms with Gasteiger partial charge in [-0.05, 0) is 36.8 Å². The number of carboxylic acid groups (broad SMARTS) is 1. The number of sulfonamides is 1. The second-order valence-corrected chi connectivity index (χ2v) is 8.74. The highest BCUT2D eigenvalue weighted by Gasteiger charge is 2.59. The molecule has 1 saturated carbocycles. The van der Waals surface area contributed by atoms with Crippen LogP contribution in [0.2, 0.25) is 0 Å². The van der Waals surface area contributed by atoms with Crippen LogP contribution < -0.4 is 0 Å². The zero-order valence-electron chi connectivity index (χ0n) is 13.6. The zero-order valence-corrected chi connectivity index (χ0v) is 14.4. The summed E-state index contributed by atoms with van der Waals surface area (Å²) in [5.41, 5.74) is -0.162. The van der Waals surface area contributed by atoms with Crippen LogP contribution in [0.1, 0.15) is 29.8 Å². The number of nitrogens with zero attached hydrogens (tertiary/aromatic N) is 2. The molecule has 24 heavy (non-hydrogen) atoms. The molecule has 1 spiro atoms. The number of carboxylic acids is 1. The molecule has 0 bridgehead atoms. The van der Waals surface area contributed by atoms with E-state index < -0.39 is 16.0 Å². The van der Waals surface area contributed by atoms with Gasteiger partial charge in [-0.25, -0.2) is 12.7 Å². The summed E-state index contributed by atoms with van der Waals surface area (Å²) < 4.78 is 30.2. The maximum absolute atomic E-state index is 12.5. The van der Waals surface area contributed by atoms with Gasteiger partial charge in [-0.2, -0.15) is 0 Å². The van der Waals surface area contributed by atoms with E-state index in [1.54, 1.807) is 4.90 Å². The molecule has 8 nitrogen and oxygen atoms in total. The highest BCUT2D eigenvalue weighted by Crippen LogP contribution is 2.59. The number of hydrogen-bond acceptors (Lipinski definition) is 5. The van der Waals surface area contributed by atoms with Gasteiger partial charge >= 0.3 is 5.97 Å². The SMILES string of the molecule is CN(C)S(=O)(=O)c1ccc(C(=O)N2CCC3(CC2)CC3C(=O)O)o1. The van der Waals surface area contributed by atoms with Gasteiger partial charge in [0.2, 0.25) is 5.09 Å². The molecule has 1 aromatic heterocycles. The molecular weight excluding hydrogens is 336 g/mol. The Morgan fingerprint density at radius 1 is 1.29 bits per heavy atom. The summed E-state index contributed by atoms with van der Waals surface area (Å²) in [6.07, 6.45) is 1.98. The van der Waals surface area contributed by atoms with Gasteiger partial charge in [0.25, 0.3) is 15.9 Å². The molecule has 2 aliphatic rings. The van der Waals surface area contributed by atoms with E-state index in [4.69, 9.17) is 9.52 Å². The lowest BCUT2D eigenvalue weighted by molar-refractivity contribution is -0.139. The minimum absolute atomic E-state index is 0.0167. The van der Waals surface area contributed by atoms with Crippen molar-refractivity contribution in [2.24, 2.45) is 11.3 Å². The summed E-state index contributed by atoms with van der Waals surface area (Å²) in [6, 6.07) is 2.63. The van der Waals surface area contributed by atoms with Crippen molar-refractivity contribution in [3.63, 3.8) is 0 Å². The van der Waals surface area contributed by atoms with Crippen LogP contribution in [0.5, 0.6) is 0 Å². The van der Waals surface area contributed by atoms with Crippen LogP contribution >= 0.6 is 0 Å². The number of carbonyl (C=O) groups excluding carboxylic acids is 1. The molecule has 9 heteroatoms. The summed E-state index contributed by atoms with van der Waals surface area (Å²) in [5.74, 6) is -1.44. The minimum atomic E-state index is -3.72. The third-order valence-corrected chi connectivity index (χ3v) is 6.75. The molecule has 1 atom stereocenters. The van der Waals surface area contributed by atoms with E-state index in [1.807, 2.05) is 0 Å². The van der Waals surface area contributed by atoms with Crippen LogP contribution in [0.15, 0.2) is 21.6 Å². The predicted molar refractivity (Wildman–Crippen MR) is 82.9 cm³/mol. The summed E-state index contributed by atoms with van der Waals surface area (Å²) in [7, 11) is -0.941. The zero-order chi connectivity index (χ0) is 17.7. The predicted octanol–water partition coefficient (Wildman–Crippen LogP) is 0.857. The number of aliphatic carboxylic acids is 1. The molecule has 132 valence electrons. The summed E-state index contributed by atoms with van der Waals surface area (Å²) in [5, 5.41) is 8.82. The van der Waals surface area contributed by atoms with E-state index in [0.717, 1.165) is 4.31 Å². The van der Waals surface area contributed by atoms with Crippen LogP contribution in [-0.4, -0.2) is 61.8 Å². The standard InChI is InChI=1S/C15H20N2O6S/c1-16(2)24(21,22)12-4-3-11(23-12)13(18)17-7-5-15(6-8-17)9-10(15)14(19)20/h3-4,10H,5-9H2,1-2H3,(H,19,20). The van der Waals surface area contributed by atoms with Gasteiger partial charge in [0.1, 0.15) is 0 Å². The highest BCUT2D eigenvalue weighted by molar-refractivity contribution is 7.88.